The zero-order valence-corrected chi connectivity index (χ0v) is 10.7. The first-order chi connectivity index (χ1) is 9.75. The van der Waals surface area contributed by atoms with Crippen molar-refractivity contribution in [1.29, 1.82) is 0 Å². The molecule has 20 heavy (non-hydrogen) atoms. The van der Waals surface area contributed by atoms with Crippen LogP contribution in [0.3, 0.4) is 0 Å². The summed E-state index contributed by atoms with van der Waals surface area (Å²) in [6, 6.07) is 12.9. The van der Waals surface area contributed by atoms with Gasteiger partial charge in [0.1, 0.15) is 5.82 Å². The van der Waals surface area contributed by atoms with E-state index in [1.807, 2.05) is 6.07 Å². The summed E-state index contributed by atoms with van der Waals surface area (Å²) >= 11 is 0. The Balaban J connectivity index is 1.92. The van der Waals surface area contributed by atoms with Gasteiger partial charge in [0.05, 0.1) is 18.8 Å². The molecule has 1 aliphatic rings. The lowest BCUT2D eigenvalue weighted by atomic mass is 10.0. The van der Waals surface area contributed by atoms with Gasteiger partial charge in [-0.25, -0.2) is 4.39 Å². The van der Waals surface area contributed by atoms with Crippen LogP contribution in [0.25, 0.3) is 0 Å². The van der Waals surface area contributed by atoms with E-state index in [1.165, 1.54) is 12.1 Å². The smallest absolute Gasteiger partial charge is 0.195 e. The van der Waals surface area contributed by atoms with E-state index in [0.717, 1.165) is 5.56 Å². The summed E-state index contributed by atoms with van der Waals surface area (Å²) in [5.41, 5.74) is 1.26. The molecule has 0 saturated carbocycles. The molecule has 0 aromatic heterocycles. The molecule has 1 aliphatic heterocycles. The number of ether oxygens (including phenoxy) is 2. The van der Waals surface area contributed by atoms with Gasteiger partial charge in [-0.15, -0.1) is 0 Å². The molecule has 0 unspecified atom stereocenters. The van der Waals surface area contributed by atoms with E-state index >= 15 is 0 Å². The molecule has 3 rings (SSSR count). The normalized spacial score (nSPS) is 15.4. The van der Waals surface area contributed by atoms with Crippen molar-refractivity contribution in [2.75, 3.05) is 13.2 Å². The van der Waals surface area contributed by atoms with Crippen LogP contribution in [-0.2, 0) is 9.47 Å². The van der Waals surface area contributed by atoms with Crippen LogP contribution in [0.4, 0.5) is 4.39 Å². The van der Waals surface area contributed by atoms with Crippen LogP contribution in [0, 0.1) is 5.82 Å². The van der Waals surface area contributed by atoms with Crippen molar-refractivity contribution >= 4 is 5.78 Å². The third kappa shape index (κ3) is 2.48. The van der Waals surface area contributed by atoms with E-state index in [2.05, 4.69) is 0 Å². The molecule has 3 nitrogen and oxygen atoms in total. The van der Waals surface area contributed by atoms with Crippen LogP contribution >= 0.6 is 0 Å². The number of carbonyl (C=O) groups excluding carboxylic acids is 1. The standard InChI is InChI=1S/C16H13FO3/c17-14-7-2-1-6-13(14)15(18)11-4-3-5-12(10-11)16-19-8-9-20-16/h1-7,10,16H,8-9H2. The van der Waals surface area contributed by atoms with E-state index in [-0.39, 0.29) is 11.3 Å². The zero-order chi connectivity index (χ0) is 13.9. The summed E-state index contributed by atoms with van der Waals surface area (Å²) in [4.78, 5) is 12.3. The average Bonchev–Trinajstić information content (AvgIpc) is 3.01. The van der Waals surface area contributed by atoms with Crippen LogP contribution in [-0.4, -0.2) is 19.0 Å². The number of benzene rings is 2. The molecule has 0 atom stereocenters. The van der Waals surface area contributed by atoms with Crippen molar-refractivity contribution < 1.29 is 18.7 Å². The minimum atomic E-state index is -0.517. The van der Waals surface area contributed by atoms with E-state index in [4.69, 9.17) is 9.47 Å². The summed E-state index contributed by atoms with van der Waals surface area (Å²) < 4.78 is 24.4. The Hall–Kier alpha value is -2.04. The molecule has 0 N–H and O–H groups in total. The first-order valence-electron chi connectivity index (χ1n) is 6.38. The minimum Gasteiger partial charge on any atom is -0.346 e. The van der Waals surface area contributed by atoms with Crippen LogP contribution in [0.1, 0.15) is 27.8 Å². The molecule has 2 aromatic carbocycles. The second-order valence-electron chi connectivity index (χ2n) is 4.51. The molecule has 0 amide bonds. The van der Waals surface area contributed by atoms with E-state index in [1.54, 1.807) is 30.3 Å². The Bertz CT molecular complexity index is 633. The molecule has 0 aliphatic carbocycles. The molecule has 1 heterocycles. The van der Waals surface area contributed by atoms with Crippen molar-refractivity contribution in [2.24, 2.45) is 0 Å². The van der Waals surface area contributed by atoms with Crippen molar-refractivity contribution in [1.82, 2.24) is 0 Å². The van der Waals surface area contributed by atoms with E-state index in [9.17, 15) is 9.18 Å². The third-order valence-corrected chi connectivity index (χ3v) is 3.16. The van der Waals surface area contributed by atoms with Crippen LogP contribution < -0.4 is 0 Å². The lowest BCUT2D eigenvalue weighted by Crippen LogP contribution is -2.06. The Morgan fingerprint density at radius 1 is 1.05 bits per heavy atom. The molecular weight excluding hydrogens is 259 g/mol. The van der Waals surface area contributed by atoms with Gasteiger partial charge in [0.2, 0.25) is 0 Å². The molecular formula is C16H13FO3. The topological polar surface area (TPSA) is 35.5 Å². The Morgan fingerprint density at radius 2 is 1.80 bits per heavy atom. The van der Waals surface area contributed by atoms with Gasteiger partial charge in [-0.05, 0) is 18.2 Å². The van der Waals surface area contributed by atoms with Crippen molar-refractivity contribution in [3.63, 3.8) is 0 Å². The van der Waals surface area contributed by atoms with Gasteiger partial charge in [-0.2, -0.15) is 0 Å². The fourth-order valence-electron chi connectivity index (χ4n) is 2.18. The molecule has 4 heteroatoms. The van der Waals surface area contributed by atoms with Gasteiger partial charge in [-0.1, -0.05) is 30.3 Å². The second kappa shape index (κ2) is 5.53. The quantitative estimate of drug-likeness (QED) is 0.805. The van der Waals surface area contributed by atoms with Gasteiger partial charge >= 0.3 is 0 Å². The summed E-state index contributed by atoms with van der Waals surface area (Å²) in [5.74, 6) is -0.862. The molecule has 0 bridgehead atoms. The lowest BCUT2D eigenvalue weighted by Gasteiger charge is -2.10. The van der Waals surface area contributed by atoms with Gasteiger partial charge in [0.15, 0.2) is 12.1 Å². The van der Waals surface area contributed by atoms with Crippen molar-refractivity contribution in [3.8, 4) is 0 Å². The molecule has 2 aromatic rings. The fourth-order valence-corrected chi connectivity index (χ4v) is 2.18. The average molecular weight is 272 g/mol. The summed E-state index contributed by atoms with van der Waals surface area (Å²) in [6.07, 6.45) is -0.441. The van der Waals surface area contributed by atoms with Gasteiger partial charge < -0.3 is 9.47 Å². The second-order valence-corrected chi connectivity index (χ2v) is 4.51. The maximum absolute atomic E-state index is 13.7. The highest BCUT2D eigenvalue weighted by atomic mass is 19.1. The Labute approximate surface area is 115 Å². The minimum absolute atomic E-state index is 0.0675. The summed E-state index contributed by atoms with van der Waals surface area (Å²) in [6.45, 7) is 1.08. The van der Waals surface area contributed by atoms with Crippen molar-refractivity contribution in [2.45, 2.75) is 6.29 Å². The predicted octanol–water partition coefficient (Wildman–Crippen LogP) is 3.10. The van der Waals surface area contributed by atoms with Crippen molar-refractivity contribution in [3.05, 3.63) is 71.0 Å². The SMILES string of the molecule is O=C(c1cccc(C2OCCO2)c1)c1ccccc1F. The van der Waals surface area contributed by atoms with Gasteiger partial charge in [-0.3, -0.25) is 4.79 Å². The van der Waals surface area contributed by atoms with E-state index in [0.29, 0.717) is 18.8 Å². The number of rotatable bonds is 3. The largest absolute Gasteiger partial charge is 0.346 e. The monoisotopic (exact) mass is 272 g/mol. The highest BCUT2D eigenvalue weighted by Gasteiger charge is 2.20. The summed E-state index contributed by atoms with van der Waals surface area (Å²) in [7, 11) is 0. The Morgan fingerprint density at radius 3 is 2.55 bits per heavy atom. The maximum Gasteiger partial charge on any atom is 0.195 e. The van der Waals surface area contributed by atoms with Gasteiger partial charge in [0, 0.05) is 11.1 Å². The lowest BCUT2D eigenvalue weighted by molar-refractivity contribution is -0.0441. The van der Waals surface area contributed by atoms with Gasteiger partial charge in [0.25, 0.3) is 0 Å². The van der Waals surface area contributed by atoms with Crippen LogP contribution in [0.5, 0.6) is 0 Å². The number of halogens is 1. The molecule has 1 saturated heterocycles. The highest BCUT2D eigenvalue weighted by Crippen LogP contribution is 2.24. The number of ketones is 1. The highest BCUT2D eigenvalue weighted by molar-refractivity contribution is 6.09. The zero-order valence-electron chi connectivity index (χ0n) is 10.7. The number of carbonyl (C=O) groups is 1. The first kappa shape index (κ1) is 13.0. The van der Waals surface area contributed by atoms with Crippen LogP contribution in [0.15, 0.2) is 48.5 Å². The fraction of sp³-hybridized carbons (Fsp3) is 0.188. The molecule has 0 spiro atoms. The maximum atomic E-state index is 13.7. The van der Waals surface area contributed by atoms with Crippen LogP contribution in [0.2, 0.25) is 0 Å². The third-order valence-electron chi connectivity index (χ3n) is 3.16. The number of hydrogen-bond acceptors (Lipinski definition) is 3. The predicted molar refractivity (Wildman–Crippen MR) is 70.9 cm³/mol. The van der Waals surface area contributed by atoms with E-state index < -0.39 is 12.1 Å². The summed E-state index contributed by atoms with van der Waals surface area (Å²) in [5, 5.41) is 0. The Kier molecular flexibility index (Phi) is 3.58. The molecule has 0 radical (unpaired) electrons. The number of hydrogen-bond donors (Lipinski definition) is 0. The molecule has 102 valence electrons. The first-order valence-corrected chi connectivity index (χ1v) is 6.38. The molecule has 1 fully saturated rings.